The van der Waals surface area contributed by atoms with E-state index in [2.05, 4.69) is 12.2 Å². The summed E-state index contributed by atoms with van der Waals surface area (Å²) in [6.45, 7) is 2.47. The Morgan fingerprint density at radius 1 is 1.33 bits per heavy atom. The summed E-state index contributed by atoms with van der Waals surface area (Å²) in [7, 11) is 0. The molecule has 0 radical (unpaired) electrons. The van der Waals surface area contributed by atoms with E-state index in [1.54, 1.807) is 12.1 Å². The largest absolute Gasteiger partial charge is 0.325 e. The van der Waals surface area contributed by atoms with Crippen molar-refractivity contribution in [2.75, 3.05) is 0 Å². The molecule has 1 aromatic rings. The maximum Gasteiger partial charge on any atom is 0.325 e. The van der Waals surface area contributed by atoms with E-state index in [9.17, 15) is 9.59 Å². The Balaban J connectivity index is 1.78. The van der Waals surface area contributed by atoms with Gasteiger partial charge in [-0.3, -0.25) is 9.69 Å². The second kappa shape index (κ2) is 5.34. The minimum absolute atomic E-state index is 0.0839. The zero-order valence-electron chi connectivity index (χ0n) is 12.1. The van der Waals surface area contributed by atoms with Gasteiger partial charge in [0, 0.05) is 5.02 Å². The molecular formula is C16H19ClN2O2. The molecule has 0 bridgehead atoms. The molecule has 2 fully saturated rings. The second-order valence-corrected chi connectivity index (χ2v) is 6.65. The zero-order chi connectivity index (χ0) is 15.0. The lowest BCUT2D eigenvalue weighted by Crippen LogP contribution is -2.49. The monoisotopic (exact) mass is 306 g/mol. The van der Waals surface area contributed by atoms with Crippen molar-refractivity contribution in [1.82, 2.24) is 10.2 Å². The first-order valence-electron chi connectivity index (χ1n) is 7.39. The SMILES string of the molecule is CC1CCC2(CC1)NC(=O)N(Cc1cccc(Cl)c1)C2=O. The molecule has 5 heteroatoms. The lowest BCUT2D eigenvalue weighted by atomic mass is 9.77. The number of nitrogens with one attached hydrogen (secondary N) is 1. The third-order valence-electron chi connectivity index (χ3n) is 4.60. The van der Waals surface area contributed by atoms with Crippen LogP contribution >= 0.6 is 11.6 Å². The van der Waals surface area contributed by atoms with Crippen LogP contribution in [0.15, 0.2) is 24.3 Å². The van der Waals surface area contributed by atoms with Crippen LogP contribution in [0.2, 0.25) is 5.02 Å². The standard InChI is InChI=1S/C16H19ClN2O2/c1-11-5-7-16(8-6-11)14(20)19(15(21)18-16)10-12-3-2-4-13(17)9-12/h2-4,9,11H,5-8,10H2,1H3,(H,18,21). The van der Waals surface area contributed by atoms with Gasteiger partial charge in [-0.25, -0.2) is 4.79 Å². The van der Waals surface area contributed by atoms with Crippen molar-refractivity contribution in [3.63, 3.8) is 0 Å². The van der Waals surface area contributed by atoms with Crippen LogP contribution < -0.4 is 5.32 Å². The predicted octanol–water partition coefficient (Wildman–Crippen LogP) is 3.34. The molecule has 1 saturated heterocycles. The Labute approximate surface area is 129 Å². The highest BCUT2D eigenvalue weighted by molar-refractivity contribution is 6.30. The predicted molar refractivity (Wildman–Crippen MR) is 80.9 cm³/mol. The van der Waals surface area contributed by atoms with Crippen molar-refractivity contribution in [3.05, 3.63) is 34.9 Å². The van der Waals surface area contributed by atoms with Crippen LogP contribution in [0, 0.1) is 5.92 Å². The smallest absolute Gasteiger partial charge is 0.323 e. The van der Waals surface area contributed by atoms with Gasteiger partial charge >= 0.3 is 6.03 Å². The van der Waals surface area contributed by atoms with Gasteiger partial charge in [0.25, 0.3) is 5.91 Å². The lowest BCUT2D eigenvalue weighted by molar-refractivity contribution is -0.133. The number of hydrogen-bond acceptors (Lipinski definition) is 2. The maximum atomic E-state index is 12.7. The fraction of sp³-hybridized carbons (Fsp3) is 0.500. The van der Waals surface area contributed by atoms with Crippen LogP contribution in [0.1, 0.15) is 38.2 Å². The van der Waals surface area contributed by atoms with Gasteiger partial charge in [-0.2, -0.15) is 0 Å². The third-order valence-corrected chi connectivity index (χ3v) is 4.84. The summed E-state index contributed by atoms with van der Waals surface area (Å²) in [4.78, 5) is 26.2. The number of hydrogen-bond donors (Lipinski definition) is 1. The molecule has 1 spiro atoms. The number of carbonyl (C=O) groups is 2. The van der Waals surface area contributed by atoms with E-state index in [1.807, 2.05) is 12.1 Å². The highest BCUT2D eigenvalue weighted by Crippen LogP contribution is 2.36. The van der Waals surface area contributed by atoms with Crippen molar-refractivity contribution in [2.24, 2.45) is 5.92 Å². The van der Waals surface area contributed by atoms with Crippen LogP contribution in [0.4, 0.5) is 4.79 Å². The van der Waals surface area contributed by atoms with Crippen LogP contribution in [0.5, 0.6) is 0 Å². The highest BCUT2D eigenvalue weighted by atomic mass is 35.5. The molecule has 0 unspecified atom stereocenters. The second-order valence-electron chi connectivity index (χ2n) is 6.22. The number of urea groups is 1. The van der Waals surface area contributed by atoms with E-state index in [0.29, 0.717) is 10.9 Å². The molecule has 1 heterocycles. The van der Waals surface area contributed by atoms with Crippen LogP contribution in [-0.4, -0.2) is 22.4 Å². The van der Waals surface area contributed by atoms with Gasteiger partial charge in [0.1, 0.15) is 5.54 Å². The molecule has 4 nitrogen and oxygen atoms in total. The Morgan fingerprint density at radius 2 is 2.05 bits per heavy atom. The number of benzene rings is 1. The van der Waals surface area contributed by atoms with Gasteiger partial charge in [-0.05, 0) is 49.3 Å². The Morgan fingerprint density at radius 3 is 2.71 bits per heavy atom. The Kier molecular flexibility index (Phi) is 3.66. The molecule has 1 aliphatic carbocycles. The molecule has 0 aromatic heterocycles. The molecule has 1 N–H and O–H groups in total. The van der Waals surface area contributed by atoms with Crippen LogP contribution in [0.25, 0.3) is 0 Å². The molecule has 112 valence electrons. The number of nitrogens with zero attached hydrogens (tertiary/aromatic N) is 1. The Bertz CT molecular complexity index is 579. The number of carbonyl (C=O) groups excluding carboxylic acids is 2. The number of rotatable bonds is 2. The highest BCUT2D eigenvalue weighted by Gasteiger charge is 2.51. The summed E-state index contributed by atoms with van der Waals surface area (Å²) in [6, 6.07) is 6.99. The fourth-order valence-electron chi connectivity index (χ4n) is 3.23. The van der Waals surface area contributed by atoms with E-state index in [1.165, 1.54) is 4.90 Å². The average Bonchev–Trinajstić information content (AvgIpc) is 2.67. The van der Waals surface area contributed by atoms with Crippen LogP contribution in [0.3, 0.4) is 0 Å². The molecule has 2 aliphatic rings. The molecular weight excluding hydrogens is 288 g/mol. The van der Waals surface area contributed by atoms with Crippen molar-refractivity contribution >= 4 is 23.5 Å². The van der Waals surface area contributed by atoms with E-state index >= 15 is 0 Å². The zero-order valence-corrected chi connectivity index (χ0v) is 12.8. The van der Waals surface area contributed by atoms with Gasteiger partial charge in [0.2, 0.25) is 0 Å². The van der Waals surface area contributed by atoms with Crippen molar-refractivity contribution in [2.45, 2.75) is 44.7 Å². The van der Waals surface area contributed by atoms with E-state index in [0.717, 1.165) is 31.2 Å². The quantitative estimate of drug-likeness (QED) is 0.852. The number of imide groups is 1. The maximum absolute atomic E-state index is 12.7. The number of amides is 3. The first-order valence-corrected chi connectivity index (χ1v) is 7.76. The summed E-state index contributed by atoms with van der Waals surface area (Å²) < 4.78 is 0. The van der Waals surface area contributed by atoms with E-state index in [4.69, 9.17) is 11.6 Å². The topological polar surface area (TPSA) is 49.4 Å². The molecule has 0 atom stereocenters. The minimum Gasteiger partial charge on any atom is -0.323 e. The van der Waals surface area contributed by atoms with E-state index in [-0.39, 0.29) is 18.5 Å². The van der Waals surface area contributed by atoms with E-state index < -0.39 is 5.54 Å². The van der Waals surface area contributed by atoms with Gasteiger partial charge in [-0.15, -0.1) is 0 Å². The minimum atomic E-state index is -0.665. The Hall–Kier alpha value is -1.55. The number of halogens is 1. The molecule has 1 aromatic carbocycles. The first kappa shape index (κ1) is 14.4. The summed E-state index contributed by atoms with van der Waals surface area (Å²) in [5, 5.41) is 3.54. The lowest BCUT2D eigenvalue weighted by Gasteiger charge is -2.33. The first-order chi connectivity index (χ1) is 10.00. The fourth-order valence-corrected chi connectivity index (χ4v) is 3.44. The third kappa shape index (κ3) is 2.64. The normalized spacial score (nSPS) is 29.0. The van der Waals surface area contributed by atoms with Gasteiger partial charge in [-0.1, -0.05) is 30.7 Å². The molecule has 3 rings (SSSR count). The summed E-state index contributed by atoms with van der Waals surface area (Å²) in [6.07, 6.45) is 3.45. The van der Waals surface area contributed by atoms with Crippen molar-refractivity contribution < 1.29 is 9.59 Å². The molecule has 3 amide bonds. The average molecular weight is 307 g/mol. The van der Waals surface area contributed by atoms with Gasteiger partial charge < -0.3 is 5.32 Å². The van der Waals surface area contributed by atoms with Gasteiger partial charge in [0.15, 0.2) is 0 Å². The summed E-state index contributed by atoms with van der Waals surface area (Å²) in [5.74, 6) is 0.543. The summed E-state index contributed by atoms with van der Waals surface area (Å²) in [5.41, 5.74) is 0.203. The molecule has 1 aliphatic heterocycles. The molecule has 21 heavy (non-hydrogen) atoms. The van der Waals surface area contributed by atoms with Crippen molar-refractivity contribution in [3.8, 4) is 0 Å². The summed E-state index contributed by atoms with van der Waals surface area (Å²) >= 11 is 5.96. The molecule has 1 saturated carbocycles. The van der Waals surface area contributed by atoms with Crippen molar-refractivity contribution in [1.29, 1.82) is 0 Å². The van der Waals surface area contributed by atoms with Crippen LogP contribution in [-0.2, 0) is 11.3 Å². The van der Waals surface area contributed by atoms with Gasteiger partial charge in [0.05, 0.1) is 6.54 Å².